The molecular formula is C27H26O8. The SMILES string of the molecule is COCOc1cc(OCOC)c2c(=O)cc(-c3ccc(OC)c(OCc4ccccc4)c3)oc2c1. The maximum atomic E-state index is 13.1. The van der Waals surface area contributed by atoms with E-state index in [-0.39, 0.29) is 30.2 Å². The third kappa shape index (κ3) is 5.74. The van der Waals surface area contributed by atoms with Crippen LogP contribution in [0.25, 0.3) is 22.3 Å². The highest BCUT2D eigenvalue weighted by atomic mass is 16.7. The van der Waals surface area contributed by atoms with Gasteiger partial charge in [-0.2, -0.15) is 0 Å². The highest BCUT2D eigenvalue weighted by molar-refractivity contribution is 5.86. The molecule has 0 atom stereocenters. The fourth-order valence-electron chi connectivity index (χ4n) is 3.50. The van der Waals surface area contributed by atoms with Crippen LogP contribution in [-0.4, -0.2) is 34.9 Å². The fraction of sp³-hybridized carbons (Fsp3) is 0.222. The van der Waals surface area contributed by atoms with Crippen molar-refractivity contribution in [1.82, 2.24) is 0 Å². The maximum absolute atomic E-state index is 13.1. The van der Waals surface area contributed by atoms with Gasteiger partial charge in [0.15, 0.2) is 30.5 Å². The van der Waals surface area contributed by atoms with E-state index in [9.17, 15) is 4.79 Å². The van der Waals surface area contributed by atoms with E-state index in [1.165, 1.54) is 20.3 Å². The second-order valence-corrected chi connectivity index (χ2v) is 7.51. The second-order valence-electron chi connectivity index (χ2n) is 7.51. The predicted molar refractivity (Wildman–Crippen MR) is 130 cm³/mol. The Morgan fingerprint density at radius 3 is 2.26 bits per heavy atom. The Morgan fingerprint density at radius 2 is 1.51 bits per heavy atom. The number of hydrogen-bond donors (Lipinski definition) is 0. The van der Waals surface area contributed by atoms with Crippen molar-refractivity contribution in [2.45, 2.75) is 6.61 Å². The van der Waals surface area contributed by atoms with Gasteiger partial charge in [0.1, 0.15) is 34.8 Å². The molecule has 3 aromatic carbocycles. The summed E-state index contributed by atoms with van der Waals surface area (Å²) in [5, 5.41) is 0.282. The summed E-state index contributed by atoms with van der Waals surface area (Å²) < 4.78 is 38.7. The molecule has 4 aromatic rings. The van der Waals surface area contributed by atoms with Gasteiger partial charge in [-0.1, -0.05) is 30.3 Å². The van der Waals surface area contributed by atoms with Crippen LogP contribution in [0, 0.1) is 0 Å². The van der Waals surface area contributed by atoms with E-state index >= 15 is 0 Å². The Bertz CT molecular complexity index is 1330. The molecular weight excluding hydrogens is 452 g/mol. The summed E-state index contributed by atoms with van der Waals surface area (Å²) in [4.78, 5) is 13.1. The maximum Gasteiger partial charge on any atom is 0.197 e. The van der Waals surface area contributed by atoms with Gasteiger partial charge in [-0.25, -0.2) is 0 Å². The van der Waals surface area contributed by atoms with Crippen molar-refractivity contribution in [2.75, 3.05) is 34.9 Å². The van der Waals surface area contributed by atoms with Gasteiger partial charge in [0.25, 0.3) is 0 Å². The molecule has 0 N–H and O–H groups in total. The van der Waals surface area contributed by atoms with Crippen LogP contribution >= 0.6 is 0 Å². The Labute approximate surface area is 202 Å². The Kier molecular flexibility index (Phi) is 7.87. The number of hydrogen-bond acceptors (Lipinski definition) is 8. The lowest BCUT2D eigenvalue weighted by atomic mass is 10.1. The number of ether oxygens (including phenoxy) is 6. The van der Waals surface area contributed by atoms with E-state index in [4.69, 9.17) is 32.8 Å². The summed E-state index contributed by atoms with van der Waals surface area (Å²) >= 11 is 0. The molecule has 4 rings (SSSR count). The van der Waals surface area contributed by atoms with Crippen molar-refractivity contribution < 1.29 is 32.8 Å². The molecule has 0 saturated heterocycles. The zero-order valence-corrected chi connectivity index (χ0v) is 19.7. The molecule has 1 heterocycles. The minimum atomic E-state index is -0.270. The summed E-state index contributed by atoms with van der Waals surface area (Å²) in [6.07, 6.45) is 0. The molecule has 8 heteroatoms. The number of benzene rings is 3. The van der Waals surface area contributed by atoms with E-state index in [1.54, 1.807) is 37.4 Å². The first-order chi connectivity index (χ1) is 17.1. The lowest BCUT2D eigenvalue weighted by Crippen LogP contribution is -2.07. The largest absolute Gasteiger partial charge is 0.493 e. The molecule has 35 heavy (non-hydrogen) atoms. The number of fused-ring (bicyclic) bond motifs is 1. The highest BCUT2D eigenvalue weighted by Gasteiger charge is 2.16. The average molecular weight is 478 g/mol. The number of methoxy groups -OCH3 is 3. The molecule has 1 aromatic heterocycles. The average Bonchev–Trinajstić information content (AvgIpc) is 2.89. The van der Waals surface area contributed by atoms with Gasteiger partial charge >= 0.3 is 0 Å². The third-order valence-electron chi connectivity index (χ3n) is 5.13. The first-order valence-electron chi connectivity index (χ1n) is 10.8. The number of rotatable bonds is 11. The molecule has 0 aliphatic carbocycles. The summed E-state index contributed by atoms with van der Waals surface area (Å²) in [7, 11) is 4.58. The Balaban J connectivity index is 1.73. The van der Waals surface area contributed by atoms with Crippen LogP contribution in [0.4, 0.5) is 0 Å². The van der Waals surface area contributed by atoms with E-state index in [0.29, 0.717) is 40.8 Å². The van der Waals surface area contributed by atoms with Gasteiger partial charge in [0, 0.05) is 38.0 Å². The van der Waals surface area contributed by atoms with Gasteiger partial charge < -0.3 is 32.8 Å². The van der Waals surface area contributed by atoms with Gasteiger partial charge in [0.05, 0.1) is 7.11 Å². The standard InChI is InChI=1S/C27H26O8/c1-29-16-33-20-12-25(34-17-30-2)27-21(28)14-23(35-26(27)13-20)19-9-10-22(31-3)24(11-19)32-15-18-7-5-4-6-8-18/h4-14H,15-17H2,1-3H3. The normalized spacial score (nSPS) is 10.8. The zero-order chi connectivity index (χ0) is 24.6. The Hall–Kier alpha value is -4.01. The van der Waals surface area contributed by atoms with E-state index in [0.717, 1.165) is 5.56 Å². The van der Waals surface area contributed by atoms with Crippen LogP contribution in [0.5, 0.6) is 23.0 Å². The minimum Gasteiger partial charge on any atom is -0.493 e. The van der Waals surface area contributed by atoms with Crippen molar-refractivity contribution in [1.29, 1.82) is 0 Å². The van der Waals surface area contributed by atoms with Crippen LogP contribution in [0.2, 0.25) is 0 Å². The van der Waals surface area contributed by atoms with Crippen molar-refractivity contribution in [2.24, 2.45) is 0 Å². The first kappa shape index (κ1) is 24.1. The summed E-state index contributed by atoms with van der Waals surface area (Å²) in [5.41, 5.74) is 1.70. The molecule has 0 amide bonds. The van der Waals surface area contributed by atoms with Crippen LogP contribution in [0.1, 0.15) is 5.56 Å². The van der Waals surface area contributed by atoms with Crippen LogP contribution in [0.15, 0.2) is 75.9 Å². The smallest absolute Gasteiger partial charge is 0.197 e. The topological polar surface area (TPSA) is 85.6 Å². The molecule has 0 fully saturated rings. The van der Waals surface area contributed by atoms with E-state index in [1.807, 2.05) is 30.3 Å². The third-order valence-corrected chi connectivity index (χ3v) is 5.13. The molecule has 0 spiro atoms. The summed E-state index contributed by atoms with van der Waals surface area (Å²) in [6, 6.07) is 19.8. The van der Waals surface area contributed by atoms with Crippen molar-refractivity contribution in [3.8, 4) is 34.3 Å². The van der Waals surface area contributed by atoms with Crippen LogP contribution in [-0.2, 0) is 16.1 Å². The second kappa shape index (κ2) is 11.4. The highest BCUT2D eigenvalue weighted by Crippen LogP contribution is 2.36. The minimum absolute atomic E-state index is 0.0275. The molecule has 182 valence electrons. The predicted octanol–water partition coefficient (Wildman–Crippen LogP) is 5.01. The lowest BCUT2D eigenvalue weighted by Gasteiger charge is -2.14. The molecule has 0 saturated carbocycles. The first-order valence-corrected chi connectivity index (χ1v) is 10.8. The molecule has 0 unspecified atom stereocenters. The van der Waals surface area contributed by atoms with Crippen LogP contribution in [0.3, 0.4) is 0 Å². The quantitative estimate of drug-likeness (QED) is 0.278. The Morgan fingerprint density at radius 1 is 0.743 bits per heavy atom. The van der Waals surface area contributed by atoms with E-state index in [2.05, 4.69) is 0 Å². The monoisotopic (exact) mass is 478 g/mol. The van der Waals surface area contributed by atoms with Crippen molar-refractivity contribution in [3.63, 3.8) is 0 Å². The summed E-state index contributed by atoms with van der Waals surface area (Å²) in [6.45, 7) is 0.354. The van der Waals surface area contributed by atoms with Crippen molar-refractivity contribution in [3.05, 3.63) is 82.5 Å². The van der Waals surface area contributed by atoms with Gasteiger partial charge in [-0.3, -0.25) is 4.79 Å². The zero-order valence-electron chi connectivity index (χ0n) is 19.7. The van der Waals surface area contributed by atoms with E-state index < -0.39 is 0 Å². The van der Waals surface area contributed by atoms with Crippen LogP contribution < -0.4 is 24.4 Å². The van der Waals surface area contributed by atoms with Crippen molar-refractivity contribution >= 4 is 11.0 Å². The molecule has 0 radical (unpaired) electrons. The molecule has 8 nitrogen and oxygen atoms in total. The molecule has 0 bridgehead atoms. The van der Waals surface area contributed by atoms with Gasteiger partial charge in [-0.05, 0) is 23.8 Å². The fourth-order valence-corrected chi connectivity index (χ4v) is 3.50. The molecule has 0 aliphatic heterocycles. The lowest BCUT2D eigenvalue weighted by molar-refractivity contribution is 0.0467. The molecule has 0 aliphatic rings. The summed E-state index contributed by atoms with van der Waals surface area (Å²) in [5.74, 6) is 2.16. The van der Waals surface area contributed by atoms with Gasteiger partial charge in [-0.15, -0.1) is 0 Å². The van der Waals surface area contributed by atoms with Gasteiger partial charge in [0.2, 0.25) is 0 Å².